The van der Waals surface area contributed by atoms with Gasteiger partial charge in [0.15, 0.2) is 5.82 Å². The number of aryl methyl sites for hydroxylation is 1. The molecule has 5 heteroatoms. The maximum Gasteiger partial charge on any atom is 0.293 e. The van der Waals surface area contributed by atoms with Gasteiger partial charge in [0, 0.05) is 32.5 Å². The third-order valence-electron chi connectivity index (χ3n) is 2.17. The van der Waals surface area contributed by atoms with Crippen molar-refractivity contribution in [1.29, 1.82) is 5.26 Å². The summed E-state index contributed by atoms with van der Waals surface area (Å²) in [7, 11) is 1.69. The van der Waals surface area contributed by atoms with Gasteiger partial charge < -0.3 is 9.47 Å². The second-order valence-corrected chi connectivity index (χ2v) is 3.15. The van der Waals surface area contributed by atoms with Crippen molar-refractivity contribution in [2.24, 2.45) is 7.05 Å². The fourth-order valence-electron chi connectivity index (χ4n) is 1.30. The molecule has 15 heavy (non-hydrogen) atoms. The van der Waals surface area contributed by atoms with E-state index in [1.54, 1.807) is 19.4 Å². The first kappa shape index (κ1) is 11.2. The van der Waals surface area contributed by atoms with Crippen LogP contribution in [-0.4, -0.2) is 22.6 Å². The molecule has 0 aromatic carbocycles. The Morgan fingerprint density at radius 2 is 2.40 bits per heavy atom. The van der Waals surface area contributed by atoms with Crippen LogP contribution in [0.15, 0.2) is 17.2 Å². The van der Waals surface area contributed by atoms with Crippen LogP contribution in [0.2, 0.25) is 0 Å². The Morgan fingerprint density at radius 3 is 3.00 bits per heavy atom. The highest BCUT2D eigenvalue weighted by Crippen LogP contribution is 2.02. The fraction of sp³-hybridized carbons (Fsp3) is 0.500. The summed E-state index contributed by atoms with van der Waals surface area (Å²) in [6, 6.07) is 2.06. The Morgan fingerprint density at radius 1 is 1.67 bits per heavy atom. The molecule has 0 N–H and O–H groups in total. The molecular weight excluding hydrogens is 192 g/mol. The van der Waals surface area contributed by atoms with Crippen molar-refractivity contribution in [2.45, 2.75) is 13.3 Å². The first-order chi connectivity index (χ1) is 7.20. The topological polar surface area (TPSA) is 61.9 Å². The molecule has 0 radical (unpaired) electrons. The highest BCUT2D eigenvalue weighted by molar-refractivity contribution is 5.35. The molecule has 0 spiro atoms. The number of rotatable bonds is 4. The third kappa shape index (κ3) is 2.56. The standard InChI is InChI=1S/C10H14N4O/c1-3-14(7-4-5-11)9-10(15)13(2)8-6-12-9/h6,8H,3-4,7H2,1-2H3. The van der Waals surface area contributed by atoms with Crippen LogP contribution in [0.3, 0.4) is 0 Å². The molecular formula is C10H14N4O. The molecule has 0 aliphatic carbocycles. The van der Waals surface area contributed by atoms with Gasteiger partial charge >= 0.3 is 0 Å². The SMILES string of the molecule is CCN(CCC#N)c1nccn(C)c1=O. The molecule has 0 saturated heterocycles. The Bertz CT molecular complexity index is 418. The van der Waals surface area contributed by atoms with Crippen LogP contribution < -0.4 is 10.5 Å². The van der Waals surface area contributed by atoms with E-state index in [0.717, 1.165) is 0 Å². The van der Waals surface area contributed by atoms with Crippen molar-refractivity contribution in [1.82, 2.24) is 9.55 Å². The number of aromatic nitrogens is 2. The van der Waals surface area contributed by atoms with Crippen molar-refractivity contribution in [3.63, 3.8) is 0 Å². The molecule has 0 saturated carbocycles. The quantitative estimate of drug-likeness (QED) is 0.720. The van der Waals surface area contributed by atoms with Gasteiger partial charge in [0.2, 0.25) is 0 Å². The van der Waals surface area contributed by atoms with Gasteiger partial charge in [0.05, 0.1) is 12.5 Å². The van der Waals surface area contributed by atoms with Crippen LogP contribution in [-0.2, 0) is 7.05 Å². The molecule has 0 amide bonds. The zero-order valence-corrected chi connectivity index (χ0v) is 8.97. The van der Waals surface area contributed by atoms with Crippen LogP contribution in [0.1, 0.15) is 13.3 Å². The van der Waals surface area contributed by atoms with E-state index in [4.69, 9.17) is 5.26 Å². The van der Waals surface area contributed by atoms with Crippen molar-refractivity contribution in [3.05, 3.63) is 22.7 Å². The van der Waals surface area contributed by atoms with E-state index in [1.165, 1.54) is 4.57 Å². The average molecular weight is 206 g/mol. The Kier molecular flexibility index (Phi) is 3.86. The summed E-state index contributed by atoms with van der Waals surface area (Å²) >= 11 is 0. The molecule has 80 valence electrons. The van der Waals surface area contributed by atoms with Crippen molar-refractivity contribution >= 4 is 5.82 Å². The molecule has 1 aromatic rings. The van der Waals surface area contributed by atoms with E-state index >= 15 is 0 Å². The Hall–Kier alpha value is -1.83. The lowest BCUT2D eigenvalue weighted by Gasteiger charge is -2.19. The van der Waals surface area contributed by atoms with Crippen LogP contribution in [0, 0.1) is 11.3 Å². The normalized spacial score (nSPS) is 9.67. The van der Waals surface area contributed by atoms with Crippen LogP contribution in [0.25, 0.3) is 0 Å². The predicted molar refractivity (Wildman–Crippen MR) is 57.6 cm³/mol. The van der Waals surface area contributed by atoms with E-state index in [-0.39, 0.29) is 5.56 Å². The minimum Gasteiger partial charge on any atom is -0.351 e. The van der Waals surface area contributed by atoms with Crippen molar-refractivity contribution in [2.75, 3.05) is 18.0 Å². The number of hydrogen-bond donors (Lipinski definition) is 0. The first-order valence-electron chi connectivity index (χ1n) is 4.84. The maximum atomic E-state index is 11.7. The summed E-state index contributed by atoms with van der Waals surface area (Å²) in [6.07, 6.45) is 3.60. The van der Waals surface area contributed by atoms with Crippen LogP contribution in [0.4, 0.5) is 5.82 Å². The maximum absolute atomic E-state index is 11.7. The summed E-state index contributed by atoms with van der Waals surface area (Å²) in [5.41, 5.74) is -0.128. The Balaban J connectivity index is 2.98. The highest BCUT2D eigenvalue weighted by atomic mass is 16.1. The minimum atomic E-state index is -0.128. The van der Waals surface area contributed by atoms with Crippen molar-refractivity contribution < 1.29 is 0 Å². The zero-order valence-electron chi connectivity index (χ0n) is 8.97. The molecule has 0 aliphatic heterocycles. The lowest BCUT2D eigenvalue weighted by atomic mass is 10.4. The van der Waals surface area contributed by atoms with E-state index in [9.17, 15) is 4.79 Å². The summed E-state index contributed by atoms with van der Waals surface area (Å²) in [6.45, 7) is 3.15. The molecule has 0 fully saturated rings. The van der Waals surface area contributed by atoms with Gasteiger partial charge in [0.1, 0.15) is 0 Å². The molecule has 1 heterocycles. The van der Waals surface area contributed by atoms with Crippen molar-refractivity contribution in [3.8, 4) is 6.07 Å². The van der Waals surface area contributed by atoms with Gasteiger partial charge in [-0.15, -0.1) is 0 Å². The summed E-state index contributed by atoms with van der Waals surface area (Å²) in [5, 5.41) is 8.50. The monoisotopic (exact) mass is 206 g/mol. The first-order valence-corrected chi connectivity index (χ1v) is 4.84. The molecule has 0 bridgehead atoms. The number of hydrogen-bond acceptors (Lipinski definition) is 4. The van der Waals surface area contributed by atoms with Crippen LogP contribution >= 0.6 is 0 Å². The number of nitriles is 1. The Labute approximate surface area is 88.6 Å². The van der Waals surface area contributed by atoms with Gasteiger partial charge in [-0.25, -0.2) is 4.98 Å². The molecule has 1 rings (SSSR count). The molecule has 0 unspecified atom stereocenters. The highest BCUT2D eigenvalue weighted by Gasteiger charge is 2.10. The third-order valence-corrected chi connectivity index (χ3v) is 2.17. The van der Waals surface area contributed by atoms with E-state index < -0.39 is 0 Å². The lowest BCUT2D eigenvalue weighted by molar-refractivity contribution is 0.766. The largest absolute Gasteiger partial charge is 0.351 e. The van der Waals surface area contributed by atoms with Gasteiger partial charge in [-0.3, -0.25) is 4.79 Å². The molecule has 5 nitrogen and oxygen atoms in total. The number of nitrogens with zero attached hydrogens (tertiary/aromatic N) is 4. The zero-order chi connectivity index (χ0) is 11.3. The lowest BCUT2D eigenvalue weighted by Crippen LogP contribution is -2.33. The smallest absolute Gasteiger partial charge is 0.293 e. The van der Waals surface area contributed by atoms with E-state index in [0.29, 0.717) is 25.3 Å². The fourth-order valence-corrected chi connectivity index (χ4v) is 1.30. The number of anilines is 1. The molecule has 0 atom stereocenters. The van der Waals surface area contributed by atoms with E-state index in [2.05, 4.69) is 11.1 Å². The molecule has 0 aliphatic rings. The second-order valence-electron chi connectivity index (χ2n) is 3.15. The predicted octanol–water partition coefficient (Wildman–Crippen LogP) is 0.520. The minimum absolute atomic E-state index is 0.128. The van der Waals surface area contributed by atoms with Gasteiger partial charge in [0.25, 0.3) is 5.56 Å². The summed E-state index contributed by atoms with van der Waals surface area (Å²) in [5.74, 6) is 0.415. The van der Waals surface area contributed by atoms with Gasteiger partial charge in [-0.2, -0.15) is 5.26 Å². The molecule has 1 aromatic heterocycles. The summed E-state index contributed by atoms with van der Waals surface area (Å²) < 4.78 is 1.48. The van der Waals surface area contributed by atoms with Gasteiger partial charge in [-0.1, -0.05) is 0 Å². The average Bonchev–Trinajstić information content (AvgIpc) is 2.25. The van der Waals surface area contributed by atoms with Crippen LogP contribution in [0.5, 0.6) is 0 Å². The van der Waals surface area contributed by atoms with Gasteiger partial charge in [-0.05, 0) is 6.92 Å². The van der Waals surface area contributed by atoms with E-state index in [1.807, 2.05) is 11.8 Å². The summed E-state index contributed by atoms with van der Waals surface area (Å²) in [4.78, 5) is 17.6. The second kappa shape index (κ2) is 5.15.